The molecule has 4 rings (SSSR count). The molecule has 32 heavy (non-hydrogen) atoms. The van der Waals surface area contributed by atoms with E-state index in [9.17, 15) is 18.4 Å². The number of nitrogens with zero attached hydrogens (tertiary/aromatic N) is 2. The third-order valence-electron chi connectivity index (χ3n) is 5.44. The second kappa shape index (κ2) is 9.62. The Balaban J connectivity index is 1.43. The van der Waals surface area contributed by atoms with Gasteiger partial charge in [0, 0.05) is 18.7 Å². The second-order valence-electron chi connectivity index (χ2n) is 7.73. The van der Waals surface area contributed by atoms with Gasteiger partial charge in [-0.3, -0.25) is 9.59 Å². The van der Waals surface area contributed by atoms with E-state index in [4.69, 9.17) is 14.2 Å². The van der Waals surface area contributed by atoms with Crippen molar-refractivity contribution in [1.29, 1.82) is 0 Å². The highest BCUT2D eigenvalue weighted by atomic mass is 19.2. The molecular weight excluding hydrogens is 422 g/mol. The highest BCUT2D eigenvalue weighted by Gasteiger charge is 2.43. The van der Waals surface area contributed by atoms with Gasteiger partial charge in [0.25, 0.3) is 11.8 Å². The third kappa shape index (κ3) is 5.05. The number of rotatable bonds is 4. The van der Waals surface area contributed by atoms with E-state index in [0.717, 1.165) is 12.1 Å². The molecule has 9 heteroatoms. The average molecular weight is 446 g/mol. The molecule has 170 valence electrons. The molecule has 0 aromatic heterocycles. The fourth-order valence-electron chi connectivity index (χ4n) is 3.82. The largest absolute Gasteiger partial charge is 0.484 e. The molecule has 2 saturated heterocycles. The Bertz CT molecular complexity index is 974. The molecule has 2 aromatic rings. The Morgan fingerprint density at radius 2 is 1.69 bits per heavy atom. The number of hydrogen-bond donors (Lipinski definition) is 0. The van der Waals surface area contributed by atoms with Gasteiger partial charge in [-0.25, -0.2) is 8.78 Å². The van der Waals surface area contributed by atoms with Crippen molar-refractivity contribution in [1.82, 2.24) is 9.80 Å². The minimum atomic E-state index is -1.19. The van der Waals surface area contributed by atoms with Crippen LogP contribution in [-0.4, -0.2) is 73.4 Å². The van der Waals surface area contributed by atoms with Crippen LogP contribution in [0.15, 0.2) is 48.5 Å². The van der Waals surface area contributed by atoms with Gasteiger partial charge in [0.2, 0.25) is 5.79 Å². The summed E-state index contributed by atoms with van der Waals surface area (Å²) < 4.78 is 44.3. The summed E-state index contributed by atoms with van der Waals surface area (Å²) in [5.74, 6) is -3.36. The maximum absolute atomic E-state index is 13.6. The van der Waals surface area contributed by atoms with Crippen molar-refractivity contribution < 1.29 is 32.6 Å². The van der Waals surface area contributed by atoms with Crippen molar-refractivity contribution in [3.05, 3.63) is 65.7 Å². The van der Waals surface area contributed by atoms with Crippen LogP contribution in [0.5, 0.6) is 5.75 Å². The normalized spacial score (nSPS) is 21.3. The molecular formula is C23H24F2N2O5. The number of ether oxygens (including phenoxy) is 3. The van der Waals surface area contributed by atoms with Gasteiger partial charge in [0.1, 0.15) is 5.75 Å². The number of morpholine rings is 1. The molecule has 0 bridgehead atoms. The van der Waals surface area contributed by atoms with E-state index in [0.29, 0.717) is 25.3 Å². The minimum absolute atomic E-state index is 0.0405. The molecule has 1 unspecified atom stereocenters. The van der Waals surface area contributed by atoms with Gasteiger partial charge in [-0.2, -0.15) is 0 Å². The van der Waals surface area contributed by atoms with E-state index in [-0.39, 0.29) is 44.3 Å². The van der Waals surface area contributed by atoms with E-state index in [1.807, 2.05) is 18.2 Å². The molecule has 7 nitrogen and oxygen atoms in total. The molecule has 1 atom stereocenters. The number of carbonyl (C=O) groups is 2. The van der Waals surface area contributed by atoms with Crippen molar-refractivity contribution in [3.8, 4) is 5.75 Å². The monoisotopic (exact) mass is 446 g/mol. The molecule has 0 saturated carbocycles. The summed E-state index contributed by atoms with van der Waals surface area (Å²) in [6.45, 7) is 1.36. The summed E-state index contributed by atoms with van der Waals surface area (Å²) in [5, 5.41) is 0. The fraction of sp³-hybridized carbons (Fsp3) is 0.391. The van der Waals surface area contributed by atoms with Crippen LogP contribution in [0, 0.1) is 11.6 Å². The van der Waals surface area contributed by atoms with Crippen molar-refractivity contribution in [3.63, 3.8) is 0 Å². The zero-order valence-corrected chi connectivity index (χ0v) is 17.5. The fourth-order valence-corrected chi connectivity index (χ4v) is 3.82. The van der Waals surface area contributed by atoms with E-state index >= 15 is 0 Å². The summed E-state index contributed by atoms with van der Waals surface area (Å²) in [6, 6.07) is 12.1. The summed E-state index contributed by atoms with van der Waals surface area (Å²) in [7, 11) is 0. The molecule has 0 radical (unpaired) electrons. The van der Waals surface area contributed by atoms with Crippen LogP contribution in [0.25, 0.3) is 0 Å². The van der Waals surface area contributed by atoms with Crippen LogP contribution in [0.2, 0.25) is 0 Å². The van der Waals surface area contributed by atoms with Crippen LogP contribution < -0.4 is 4.74 Å². The highest BCUT2D eigenvalue weighted by Crippen LogP contribution is 2.26. The van der Waals surface area contributed by atoms with Gasteiger partial charge in [0.15, 0.2) is 18.2 Å². The number of benzene rings is 2. The quantitative estimate of drug-likeness (QED) is 0.722. The lowest BCUT2D eigenvalue weighted by atomic mass is 10.1. The topological polar surface area (TPSA) is 68.3 Å². The van der Waals surface area contributed by atoms with Gasteiger partial charge in [-0.05, 0) is 36.8 Å². The van der Waals surface area contributed by atoms with Gasteiger partial charge in [0.05, 0.1) is 26.3 Å². The number of carbonyl (C=O) groups excluding carboxylic acids is 2. The Kier molecular flexibility index (Phi) is 6.66. The first-order valence-corrected chi connectivity index (χ1v) is 10.4. The molecule has 2 aliphatic rings. The van der Waals surface area contributed by atoms with Gasteiger partial charge in [-0.15, -0.1) is 0 Å². The van der Waals surface area contributed by atoms with Crippen molar-refractivity contribution in [2.24, 2.45) is 0 Å². The Morgan fingerprint density at radius 1 is 0.938 bits per heavy atom. The Morgan fingerprint density at radius 3 is 2.47 bits per heavy atom. The smallest absolute Gasteiger partial charge is 0.260 e. The number of halogens is 2. The molecule has 2 aliphatic heterocycles. The average Bonchev–Trinajstić information content (AvgIpc) is 3.02. The number of hydrogen-bond acceptors (Lipinski definition) is 5. The van der Waals surface area contributed by atoms with Crippen molar-refractivity contribution in [2.75, 3.05) is 46.0 Å². The molecule has 2 heterocycles. The van der Waals surface area contributed by atoms with Gasteiger partial charge >= 0.3 is 0 Å². The van der Waals surface area contributed by atoms with E-state index in [1.165, 1.54) is 11.0 Å². The second-order valence-corrected chi connectivity index (χ2v) is 7.73. The predicted molar refractivity (Wildman–Crippen MR) is 110 cm³/mol. The van der Waals surface area contributed by atoms with Crippen LogP contribution in [0.4, 0.5) is 8.78 Å². The predicted octanol–water partition coefficient (Wildman–Crippen LogP) is 2.46. The molecule has 2 amide bonds. The van der Waals surface area contributed by atoms with Crippen LogP contribution >= 0.6 is 0 Å². The van der Waals surface area contributed by atoms with Crippen LogP contribution in [0.3, 0.4) is 0 Å². The number of amides is 2. The minimum Gasteiger partial charge on any atom is -0.484 e. The van der Waals surface area contributed by atoms with Crippen molar-refractivity contribution >= 4 is 11.8 Å². The SMILES string of the molecule is O=C(COc1ccccc1)N1CCCOC2(C1)CN(C(=O)c1ccc(F)c(F)c1)CCO2. The van der Waals surface area contributed by atoms with Gasteiger partial charge in [-0.1, -0.05) is 18.2 Å². The lowest BCUT2D eigenvalue weighted by molar-refractivity contribution is -0.260. The van der Waals surface area contributed by atoms with Crippen LogP contribution in [0.1, 0.15) is 16.8 Å². The maximum Gasteiger partial charge on any atom is 0.260 e. The Hall–Kier alpha value is -3.04. The first-order valence-electron chi connectivity index (χ1n) is 10.4. The molecule has 2 fully saturated rings. The summed E-state index contributed by atoms with van der Waals surface area (Å²) >= 11 is 0. The van der Waals surface area contributed by atoms with E-state index in [1.54, 1.807) is 17.0 Å². The molecule has 0 aliphatic carbocycles. The zero-order chi connectivity index (χ0) is 22.6. The standard InChI is InChI=1S/C23H24F2N2O5/c24-19-8-7-17(13-20(19)25)22(29)27-10-12-32-23(16-27)15-26(9-4-11-31-23)21(28)14-30-18-5-2-1-3-6-18/h1-3,5-8,13H,4,9-12,14-16H2. The summed E-state index contributed by atoms with van der Waals surface area (Å²) in [5.41, 5.74) is 0.0405. The van der Waals surface area contributed by atoms with E-state index < -0.39 is 23.3 Å². The first kappa shape index (κ1) is 22.2. The zero-order valence-electron chi connectivity index (χ0n) is 17.5. The van der Waals surface area contributed by atoms with Crippen LogP contribution in [-0.2, 0) is 14.3 Å². The first-order chi connectivity index (χ1) is 15.5. The third-order valence-corrected chi connectivity index (χ3v) is 5.44. The van der Waals surface area contributed by atoms with Crippen molar-refractivity contribution in [2.45, 2.75) is 12.2 Å². The molecule has 2 aromatic carbocycles. The Labute approximate surface area is 184 Å². The highest BCUT2D eigenvalue weighted by molar-refractivity contribution is 5.94. The molecule has 0 N–H and O–H groups in total. The van der Waals surface area contributed by atoms with Gasteiger partial charge < -0.3 is 24.0 Å². The number of para-hydroxylation sites is 1. The lowest BCUT2D eigenvalue weighted by Crippen LogP contribution is -2.60. The maximum atomic E-state index is 13.6. The lowest BCUT2D eigenvalue weighted by Gasteiger charge is -2.43. The summed E-state index contributed by atoms with van der Waals surface area (Å²) in [4.78, 5) is 28.8. The molecule has 1 spiro atoms. The van der Waals surface area contributed by atoms with E-state index in [2.05, 4.69) is 0 Å². The summed E-state index contributed by atoms with van der Waals surface area (Å²) in [6.07, 6.45) is 0.610.